The lowest BCUT2D eigenvalue weighted by atomic mass is 9.84. The molecule has 2 amide bonds. The molecule has 3 aliphatic rings. The normalized spacial score (nSPS) is 22.6. The van der Waals surface area contributed by atoms with Gasteiger partial charge in [-0.3, -0.25) is 15.1 Å². The number of methoxy groups -OCH3 is 1. The van der Waals surface area contributed by atoms with Crippen LogP contribution in [0.3, 0.4) is 0 Å². The van der Waals surface area contributed by atoms with Crippen LogP contribution >= 0.6 is 0 Å². The summed E-state index contributed by atoms with van der Waals surface area (Å²) in [6, 6.07) is 18.6. The zero-order chi connectivity index (χ0) is 34.1. The Hall–Kier alpha value is -4.70. The first-order valence-corrected chi connectivity index (χ1v) is 17.7. The Bertz CT molecular complexity index is 1850. The van der Waals surface area contributed by atoms with E-state index in [2.05, 4.69) is 81.2 Å². The Labute approximate surface area is 288 Å². The highest BCUT2D eigenvalue weighted by Crippen LogP contribution is 2.46. The Morgan fingerprint density at radius 1 is 0.980 bits per heavy atom. The molecule has 1 unspecified atom stereocenters. The Balaban J connectivity index is 1.14. The Morgan fingerprint density at radius 3 is 2.45 bits per heavy atom. The molecule has 2 aliphatic heterocycles. The molecule has 3 aromatic carbocycles. The number of likely N-dealkylation sites (tertiary alicyclic amines) is 1. The van der Waals surface area contributed by atoms with E-state index < -0.39 is 12.1 Å². The maximum atomic E-state index is 14.2. The predicted octanol–water partition coefficient (Wildman–Crippen LogP) is 7.56. The van der Waals surface area contributed by atoms with Crippen molar-refractivity contribution < 1.29 is 14.3 Å². The van der Waals surface area contributed by atoms with E-state index in [4.69, 9.17) is 9.72 Å². The number of hydrogen-bond acceptors (Lipinski definition) is 7. The van der Waals surface area contributed by atoms with E-state index in [-0.39, 0.29) is 30.1 Å². The molecular weight excluding hydrogens is 614 g/mol. The largest absolute Gasteiger partial charge is 0.453 e. The molecule has 0 bridgehead atoms. The van der Waals surface area contributed by atoms with Gasteiger partial charge in [-0.2, -0.15) is 0 Å². The topological polar surface area (TPSA) is 124 Å². The van der Waals surface area contributed by atoms with E-state index in [0.717, 1.165) is 95.4 Å². The summed E-state index contributed by atoms with van der Waals surface area (Å²) in [5.41, 5.74) is 6.05. The molecule has 0 spiro atoms. The number of imidazole rings is 1. The summed E-state index contributed by atoms with van der Waals surface area (Å²) in [4.78, 5) is 41.1. The van der Waals surface area contributed by atoms with Crippen LogP contribution in [0.25, 0.3) is 33.2 Å². The lowest BCUT2D eigenvalue weighted by Gasteiger charge is -2.36. The van der Waals surface area contributed by atoms with Crippen molar-refractivity contribution in [2.24, 2.45) is 16.8 Å². The van der Waals surface area contributed by atoms with Gasteiger partial charge in [0.2, 0.25) is 5.91 Å². The molecule has 49 heavy (non-hydrogen) atoms. The standard InChI is InChI=1S/C39H47N7O3/c1-23(2)36(45-39(48)49-4)38(47)46-33-9-6-5-8-29(33)21-34(46)37-42-22-32(44-37)28-14-13-24-18-25(11-12-26(24)19-28)27-15-16-30(40-3)31(20-27)43-35-10-7-17-41-35/h11-16,18-20,22-23,29,33-36,41,43H,3,5-10,17,21H2,1-2,4H3,(H,42,44)(H,45,48)/t29-,33-,34-,35?,36-/m0/s1. The van der Waals surface area contributed by atoms with E-state index in [9.17, 15) is 9.59 Å². The summed E-state index contributed by atoms with van der Waals surface area (Å²) in [7, 11) is 1.33. The van der Waals surface area contributed by atoms with Gasteiger partial charge in [-0.05, 0) is 103 Å². The monoisotopic (exact) mass is 661 g/mol. The molecular formula is C39H47N7O3. The van der Waals surface area contributed by atoms with Crippen LogP contribution < -0.4 is 16.0 Å². The molecule has 2 saturated heterocycles. The number of benzene rings is 3. The van der Waals surface area contributed by atoms with Crippen LogP contribution in [0.2, 0.25) is 0 Å². The van der Waals surface area contributed by atoms with Gasteiger partial charge in [0, 0.05) is 11.6 Å². The molecule has 5 atom stereocenters. The fraction of sp³-hybridized carbons (Fsp3) is 0.436. The van der Waals surface area contributed by atoms with E-state index in [0.29, 0.717) is 5.92 Å². The molecule has 256 valence electrons. The van der Waals surface area contributed by atoms with Crippen molar-refractivity contribution in [3.05, 3.63) is 66.6 Å². The first-order valence-electron chi connectivity index (χ1n) is 17.7. The highest BCUT2D eigenvalue weighted by molar-refractivity contribution is 5.91. The second-order valence-electron chi connectivity index (χ2n) is 14.1. The van der Waals surface area contributed by atoms with Gasteiger partial charge in [-0.1, -0.05) is 57.0 Å². The van der Waals surface area contributed by atoms with E-state index >= 15 is 0 Å². The fourth-order valence-electron chi connectivity index (χ4n) is 8.09. The van der Waals surface area contributed by atoms with Gasteiger partial charge in [0.05, 0.1) is 42.6 Å². The lowest BCUT2D eigenvalue weighted by Crippen LogP contribution is -2.53. The van der Waals surface area contributed by atoms with Crippen molar-refractivity contribution >= 4 is 40.9 Å². The third-order valence-corrected chi connectivity index (χ3v) is 10.7. The van der Waals surface area contributed by atoms with Gasteiger partial charge >= 0.3 is 6.09 Å². The summed E-state index contributed by atoms with van der Waals surface area (Å²) < 4.78 is 4.86. The number of fused-ring (bicyclic) bond motifs is 2. The quantitative estimate of drug-likeness (QED) is 0.137. The number of carbonyl (C=O) groups excluding carboxylic acids is 2. The number of rotatable bonds is 9. The van der Waals surface area contributed by atoms with Gasteiger partial charge in [0.25, 0.3) is 0 Å². The Kier molecular flexibility index (Phi) is 9.40. The van der Waals surface area contributed by atoms with Crippen LogP contribution in [0, 0.1) is 11.8 Å². The highest BCUT2D eigenvalue weighted by Gasteiger charge is 2.48. The summed E-state index contributed by atoms with van der Waals surface area (Å²) in [5, 5.41) is 12.2. The van der Waals surface area contributed by atoms with E-state index in [1.165, 1.54) is 13.5 Å². The highest BCUT2D eigenvalue weighted by atomic mass is 16.5. The number of H-pyrrole nitrogens is 1. The lowest BCUT2D eigenvalue weighted by molar-refractivity contribution is -0.138. The summed E-state index contributed by atoms with van der Waals surface area (Å²) in [5.74, 6) is 1.07. The number of alkyl carbamates (subject to hydrolysis) is 1. The Morgan fingerprint density at radius 2 is 1.71 bits per heavy atom. The molecule has 10 nitrogen and oxygen atoms in total. The first kappa shape index (κ1) is 32.8. The second kappa shape index (κ2) is 14.0. The summed E-state index contributed by atoms with van der Waals surface area (Å²) in [6.45, 7) is 8.70. The molecule has 10 heteroatoms. The van der Waals surface area contributed by atoms with Crippen LogP contribution in [0.4, 0.5) is 16.2 Å². The van der Waals surface area contributed by atoms with E-state index in [1.54, 1.807) is 0 Å². The van der Waals surface area contributed by atoms with Crippen molar-refractivity contribution in [2.75, 3.05) is 19.0 Å². The van der Waals surface area contributed by atoms with Gasteiger partial charge in [-0.15, -0.1) is 0 Å². The minimum absolute atomic E-state index is 0.0623. The van der Waals surface area contributed by atoms with Crippen molar-refractivity contribution in [1.29, 1.82) is 0 Å². The van der Waals surface area contributed by atoms with Crippen LogP contribution in [0.1, 0.15) is 70.7 Å². The maximum absolute atomic E-state index is 14.2. The SMILES string of the molecule is C=Nc1ccc(-c2ccc3cc(-c4cnc([C@@H]5C[C@@H]6CCCC[C@@H]6N5C(=O)[C@@H](NC(=O)OC)C(C)C)[nH]4)ccc3c2)cc1NC1CCCN1. The number of nitrogens with zero attached hydrogens (tertiary/aromatic N) is 3. The average Bonchev–Trinajstić information content (AvgIpc) is 3.90. The molecule has 1 aromatic heterocycles. The van der Waals surface area contributed by atoms with Crippen molar-refractivity contribution in [1.82, 2.24) is 25.5 Å². The molecule has 3 heterocycles. The number of hydrogen-bond donors (Lipinski definition) is 4. The molecule has 7 rings (SSSR count). The first-order chi connectivity index (χ1) is 23.8. The minimum atomic E-state index is -0.667. The molecule has 1 saturated carbocycles. The van der Waals surface area contributed by atoms with Gasteiger partial charge < -0.3 is 25.3 Å². The summed E-state index contributed by atoms with van der Waals surface area (Å²) in [6.07, 6.45) is 9.01. The number of aromatic nitrogens is 2. The number of amides is 2. The zero-order valence-corrected chi connectivity index (χ0v) is 28.7. The van der Waals surface area contributed by atoms with Gasteiger partial charge in [0.1, 0.15) is 11.9 Å². The molecule has 4 N–H and O–H groups in total. The molecule has 1 aliphatic carbocycles. The summed E-state index contributed by atoms with van der Waals surface area (Å²) >= 11 is 0. The third kappa shape index (κ3) is 6.66. The third-order valence-electron chi connectivity index (χ3n) is 10.7. The maximum Gasteiger partial charge on any atom is 0.407 e. The predicted molar refractivity (Wildman–Crippen MR) is 195 cm³/mol. The van der Waals surface area contributed by atoms with Crippen molar-refractivity contribution in [3.63, 3.8) is 0 Å². The number of aromatic amines is 1. The number of aliphatic imine (C=N–C) groups is 1. The second-order valence-corrected chi connectivity index (χ2v) is 14.1. The molecule has 4 aromatic rings. The number of anilines is 1. The van der Waals surface area contributed by atoms with Crippen LogP contribution in [-0.2, 0) is 9.53 Å². The van der Waals surface area contributed by atoms with Gasteiger partial charge in [0.15, 0.2) is 0 Å². The minimum Gasteiger partial charge on any atom is -0.453 e. The molecule has 3 fully saturated rings. The molecule has 0 radical (unpaired) electrons. The smallest absolute Gasteiger partial charge is 0.407 e. The number of carbonyl (C=O) groups is 2. The van der Waals surface area contributed by atoms with E-state index in [1.807, 2.05) is 31.0 Å². The fourth-order valence-corrected chi connectivity index (χ4v) is 8.09. The number of ether oxygens (including phenoxy) is 1. The number of nitrogens with one attached hydrogen (secondary N) is 4. The van der Waals surface area contributed by atoms with Crippen LogP contribution in [-0.4, -0.2) is 65.5 Å². The zero-order valence-electron chi connectivity index (χ0n) is 28.7. The average molecular weight is 662 g/mol. The van der Waals surface area contributed by atoms with Crippen molar-refractivity contribution in [3.8, 4) is 22.4 Å². The van der Waals surface area contributed by atoms with Gasteiger partial charge in [-0.25, -0.2) is 9.78 Å². The van der Waals surface area contributed by atoms with Crippen LogP contribution in [0.15, 0.2) is 65.8 Å². The van der Waals surface area contributed by atoms with Crippen molar-refractivity contribution in [2.45, 2.75) is 83.1 Å². The van der Waals surface area contributed by atoms with Crippen LogP contribution in [0.5, 0.6) is 0 Å².